The molecule has 5 heteroatoms. The van der Waals surface area contributed by atoms with Gasteiger partial charge in [0.15, 0.2) is 5.12 Å². The van der Waals surface area contributed by atoms with Crippen LogP contribution in [0.3, 0.4) is 0 Å². The summed E-state index contributed by atoms with van der Waals surface area (Å²) >= 11 is 1.46. The maximum Gasteiger partial charge on any atom is 0.186 e. The molecule has 1 aliphatic heterocycles. The molecular formula is C31H31N3OS. The van der Waals surface area contributed by atoms with E-state index >= 15 is 0 Å². The van der Waals surface area contributed by atoms with Crippen LogP contribution in [-0.2, 0) is 16.9 Å². The topological polar surface area (TPSA) is 38.1 Å². The molecule has 0 aliphatic carbocycles. The van der Waals surface area contributed by atoms with Crippen molar-refractivity contribution in [3.8, 4) is 0 Å². The van der Waals surface area contributed by atoms with Crippen LogP contribution in [0.2, 0.25) is 0 Å². The normalized spacial score (nSPS) is 17.8. The summed E-state index contributed by atoms with van der Waals surface area (Å²) in [5.41, 5.74) is 4.55. The van der Waals surface area contributed by atoms with E-state index in [1.165, 1.54) is 34.0 Å². The van der Waals surface area contributed by atoms with Crippen LogP contribution in [0.4, 0.5) is 0 Å². The van der Waals surface area contributed by atoms with Gasteiger partial charge >= 0.3 is 0 Å². The van der Waals surface area contributed by atoms with Gasteiger partial charge < -0.3 is 0 Å². The van der Waals surface area contributed by atoms with E-state index in [0.29, 0.717) is 6.54 Å². The average molecular weight is 494 g/mol. The van der Waals surface area contributed by atoms with Gasteiger partial charge in [-0.1, -0.05) is 109 Å². The lowest BCUT2D eigenvalue weighted by molar-refractivity contribution is -0.109. The van der Waals surface area contributed by atoms with Crippen LogP contribution in [0.15, 0.2) is 121 Å². The van der Waals surface area contributed by atoms with Crippen molar-refractivity contribution in [3.05, 3.63) is 138 Å². The highest BCUT2D eigenvalue weighted by Gasteiger charge is 2.44. The molecule has 1 saturated heterocycles. The van der Waals surface area contributed by atoms with Gasteiger partial charge in [0, 0.05) is 37.7 Å². The van der Waals surface area contributed by atoms with Gasteiger partial charge in [0.05, 0.1) is 12.1 Å². The van der Waals surface area contributed by atoms with Gasteiger partial charge in [-0.3, -0.25) is 14.4 Å². The first kappa shape index (κ1) is 24.3. The van der Waals surface area contributed by atoms with Crippen LogP contribution >= 0.6 is 11.8 Å². The van der Waals surface area contributed by atoms with Gasteiger partial charge in [0.25, 0.3) is 0 Å². The van der Waals surface area contributed by atoms with Crippen molar-refractivity contribution in [2.75, 3.05) is 13.1 Å². The predicted octanol–water partition coefficient (Wildman–Crippen LogP) is 6.16. The number of piperidine rings is 1. The van der Waals surface area contributed by atoms with Crippen molar-refractivity contribution < 1.29 is 4.79 Å². The first-order valence-electron chi connectivity index (χ1n) is 12.4. The second kappa shape index (κ2) is 11.1. The Hall–Kier alpha value is -3.41. The lowest BCUT2D eigenvalue weighted by Crippen LogP contribution is -2.52. The minimum Gasteiger partial charge on any atom is -0.288 e. The second-order valence-corrected chi connectivity index (χ2v) is 10.5. The molecule has 0 spiro atoms. The Balaban J connectivity index is 1.64. The van der Waals surface area contributed by atoms with Crippen LogP contribution in [0.5, 0.6) is 0 Å². The van der Waals surface area contributed by atoms with Gasteiger partial charge in [-0.15, -0.1) is 0 Å². The summed E-state index contributed by atoms with van der Waals surface area (Å²) in [6.07, 6.45) is 6.96. The van der Waals surface area contributed by atoms with E-state index in [1.807, 2.05) is 16.9 Å². The Labute approximate surface area is 217 Å². The smallest absolute Gasteiger partial charge is 0.186 e. The molecule has 0 saturated carbocycles. The van der Waals surface area contributed by atoms with Gasteiger partial charge in [-0.05, 0) is 34.8 Å². The van der Waals surface area contributed by atoms with E-state index in [2.05, 4.69) is 107 Å². The summed E-state index contributed by atoms with van der Waals surface area (Å²) in [5.74, 6) is 0. The number of likely N-dealkylation sites (tertiary alicyclic amines) is 1. The van der Waals surface area contributed by atoms with Gasteiger partial charge in [0.2, 0.25) is 0 Å². The quantitative estimate of drug-likeness (QED) is 0.228. The summed E-state index contributed by atoms with van der Waals surface area (Å²) in [4.78, 5) is 14.7. The van der Waals surface area contributed by atoms with Crippen LogP contribution in [0, 0.1) is 0 Å². The predicted molar refractivity (Wildman–Crippen MR) is 148 cm³/mol. The molecule has 1 aromatic heterocycles. The number of nitrogens with zero attached hydrogens (tertiary/aromatic N) is 3. The van der Waals surface area contributed by atoms with E-state index in [9.17, 15) is 4.79 Å². The average Bonchev–Trinajstić information content (AvgIpc) is 3.44. The third kappa shape index (κ3) is 4.95. The van der Waals surface area contributed by atoms with E-state index in [-0.39, 0.29) is 10.4 Å². The Morgan fingerprint density at radius 3 is 1.94 bits per heavy atom. The van der Waals surface area contributed by atoms with Crippen LogP contribution in [0.1, 0.15) is 30.0 Å². The summed E-state index contributed by atoms with van der Waals surface area (Å²) in [6.45, 7) is 4.01. The molecule has 4 aromatic rings. The third-order valence-electron chi connectivity index (χ3n) is 6.91. The maximum absolute atomic E-state index is 12.1. The van der Waals surface area contributed by atoms with E-state index < -0.39 is 5.54 Å². The Bertz CT molecular complexity index is 1190. The number of aromatic nitrogens is 2. The van der Waals surface area contributed by atoms with E-state index in [4.69, 9.17) is 0 Å². The number of thioether (sulfide) groups is 1. The number of benzene rings is 3. The molecule has 5 rings (SSSR count). The zero-order chi connectivity index (χ0) is 24.8. The van der Waals surface area contributed by atoms with Crippen molar-refractivity contribution in [2.24, 2.45) is 0 Å². The van der Waals surface area contributed by atoms with Crippen molar-refractivity contribution in [2.45, 2.75) is 30.7 Å². The number of carbonyl (C=O) groups excluding carboxylic acids is 1. The SMILES string of the molecule is CC(=O)SC1CCN(C(c2ccccc2)(c2ccccc2)c2ccccc2)CC1=CCn1cccn1. The third-order valence-corrected chi connectivity index (χ3v) is 8.06. The maximum atomic E-state index is 12.1. The number of rotatable bonds is 7. The highest BCUT2D eigenvalue weighted by Crippen LogP contribution is 2.45. The number of carbonyl (C=O) groups is 1. The standard InChI is InChI=1S/C31H31N3OS/c1-25(35)36-30-19-22-33(24-26(30)18-23-34-21-11-20-32-34)31(27-12-5-2-6-13-27,28-14-7-3-8-15-28)29-16-9-4-10-17-29/h2-18,20-21,30H,19,22-24H2,1H3. The van der Waals surface area contributed by atoms with Crippen LogP contribution in [-0.4, -0.2) is 38.1 Å². The molecule has 36 heavy (non-hydrogen) atoms. The molecule has 2 heterocycles. The highest BCUT2D eigenvalue weighted by atomic mass is 32.2. The molecule has 0 radical (unpaired) electrons. The lowest BCUT2D eigenvalue weighted by Gasteiger charge is -2.49. The lowest BCUT2D eigenvalue weighted by atomic mass is 9.74. The van der Waals surface area contributed by atoms with Gasteiger partial charge in [-0.25, -0.2) is 0 Å². The zero-order valence-electron chi connectivity index (χ0n) is 20.5. The van der Waals surface area contributed by atoms with E-state index in [1.54, 1.807) is 13.1 Å². The molecule has 1 unspecified atom stereocenters. The molecule has 3 aromatic carbocycles. The molecule has 1 aliphatic rings. The van der Waals surface area contributed by atoms with Crippen molar-refractivity contribution in [1.82, 2.24) is 14.7 Å². The molecule has 0 amide bonds. The Morgan fingerprint density at radius 1 is 0.917 bits per heavy atom. The second-order valence-electron chi connectivity index (χ2n) is 9.12. The number of allylic oxidation sites excluding steroid dienone is 1. The number of hydrogen-bond donors (Lipinski definition) is 0. The highest BCUT2D eigenvalue weighted by molar-refractivity contribution is 8.14. The minimum atomic E-state index is -0.458. The summed E-state index contributed by atoms with van der Waals surface area (Å²) in [5, 5.41) is 4.72. The first-order chi connectivity index (χ1) is 17.7. The molecule has 1 atom stereocenters. The fourth-order valence-electron chi connectivity index (χ4n) is 5.38. The monoisotopic (exact) mass is 493 g/mol. The molecule has 4 nitrogen and oxygen atoms in total. The fourth-order valence-corrected chi connectivity index (χ4v) is 6.33. The van der Waals surface area contributed by atoms with Crippen LogP contribution in [0.25, 0.3) is 0 Å². The molecule has 0 N–H and O–H groups in total. The largest absolute Gasteiger partial charge is 0.288 e. The zero-order valence-corrected chi connectivity index (χ0v) is 21.4. The minimum absolute atomic E-state index is 0.166. The molecule has 0 bridgehead atoms. The summed E-state index contributed by atoms with van der Waals surface area (Å²) in [7, 11) is 0. The molecular weight excluding hydrogens is 462 g/mol. The Morgan fingerprint density at radius 2 is 1.47 bits per heavy atom. The number of hydrogen-bond acceptors (Lipinski definition) is 4. The molecule has 1 fully saturated rings. The fraction of sp³-hybridized carbons (Fsp3) is 0.226. The van der Waals surface area contributed by atoms with Crippen molar-refractivity contribution in [3.63, 3.8) is 0 Å². The van der Waals surface area contributed by atoms with E-state index in [0.717, 1.165) is 19.5 Å². The van der Waals surface area contributed by atoms with Crippen LogP contribution < -0.4 is 0 Å². The first-order valence-corrected chi connectivity index (χ1v) is 13.3. The van der Waals surface area contributed by atoms with Gasteiger partial charge in [0.1, 0.15) is 0 Å². The van der Waals surface area contributed by atoms with Crippen molar-refractivity contribution in [1.29, 1.82) is 0 Å². The summed E-state index contributed by atoms with van der Waals surface area (Å²) in [6, 6.07) is 34.4. The van der Waals surface area contributed by atoms with Gasteiger partial charge in [-0.2, -0.15) is 5.10 Å². The van der Waals surface area contributed by atoms with Crippen molar-refractivity contribution >= 4 is 16.9 Å². The summed E-state index contributed by atoms with van der Waals surface area (Å²) < 4.78 is 1.93. The Kier molecular flexibility index (Phi) is 7.49. The molecule has 182 valence electrons.